The molecule has 1 unspecified atom stereocenters. The van der Waals surface area contributed by atoms with Gasteiger partial charge in [-0.1, -0.05) is 15.9 Å². The molecule has 2 nitrogen and oxygen atoms in total. The van der Waals surface area contributed by atoms with E-state index in [1.807, 2.05) is 6.07 Å². The van der Waals surface area contributed by atoms with Crippen LogP contribution >= 0.6 is 15.9 Å². The van der Waals surface area contributed by atoms with Gasteiger partial charge >= 0.3 is 0 Å². The predicted molar refractivity (Wildman–Crippen MR) is 71.2 cm³/mol. The zero-order chi connectivity index (χ0) is 12.3. The molecule has 1 aromatic rings. The van der Waals surface area contributed by atoms with E-state index in [0.29, 0.717) is 12.5 Å². The third-order valence-electron chi connectivity index (χ3n) is 3.34. The van der Waals surface area contributed by atoms with Crippen molar-refractivity contribution in [1.82, 2.24) is 4.90 Å². The van der Waals surface area contributed by atoms with Crippen LogP contribution in [0.1, 0.15) is 18.4 Å². The summed E-state index contributed by atoms with van der Waals surface area (Å²) in [7, 11) is 0. The lowest BCUT2D eigenvalue weighted by molar-refractivity contribution is 0.169. The summed E-state index contributed by atoms with van der Waals surface area (Å²) in [4.78, 5) is 2.30. The van der Waals surface area contributed by atoms with Crippen molar-refractivity contribution in [3.63, 3.8) is 0 Å². The molecule has 2 N–H and O–H groups in total. The van der Waals surface area contributed by atoms with Crippen LogP contribution in [0, 0.1) is 11.7 Å². The Morgan fingerprint density at radius 3 is 3.06 bits per heavy atom. The van der Waals surface area contributed by atoms with Gasteiger partial charge in [0.1, 0.15) is 5.82 Å². The Hall–Kier alpha value is -0.450. The van der Waals surface area contributed by atoms with Crippen LogP contribution in [0.4, 0.5) is 4.39 Å². The summed E-state index contributed by atoms with van der Waals surface area (Å²) in [5.41, 5.74) is 6.47. The van der Waals surface area contributed by atoms with E-state index >= 15 is 0 Å². The molecule has 1 aliphatic rings. The minimum absolute atomic E-state index is 0.122. The SMILES string of the molecule is NCC1CCCN(Cc2cc(Br)ccc2F)C1. The summed E-state index contributed by atoms with van der Waals surface area (Å²) in [6.45, 7) is 3.45. The van der Waals surface area contributed by atoms with Gasteiger partial charge in [-0.05, 0) is 50.0 Å². The van der Waals surface area contributed by atoms with Crippen LogP contribution in [-0.4, -0.2) is 24.5 Å². The maximum atomic E-state index is 13.6. The average Bonchev–Trinajstić information content (AvgIpc) is 2.34. The molecular weight excluding hydrogens is 283 g/mol. The summed E-state index contributed by atoms with van der Waals surface area (Å²) < 4.78 is 14.6. The molecule has 2 rings (SSSR count). The van der Waals surface area contributed by atoms with Crippen LogP contribution in [0.25, 0.3) is 0 Å². The fourth-order valence-electron chi connectivity index (χ4n) is 2.39. The Kier molecular flexibility index (Phi) is 4.54. The molecule has 17 heavy (non-hydrogen) atoms. The average molecular weight is 301 g/mol. The predicted octanol–water partition coefficient (Wildman–Crippen LogP) is 2.76. The number of hydrogen-bond acceptors (Lipinski definition) is 2. The van der Waals surface area contributed by atoms with Gasteiger partial charge in [0.2, 0.25) is 0 Å². The maximum absolute atomic E-state index is 13.6. The Labute approximate surface area is 110 Å². The van der Waals surface area contributed by atoms with E-state index in [-0.39, 0.29) is 5.82 Å². The smallest absolute Gasteiger partial charge is 0.127 e. The molecule has 1 fully saturated rings. The normalized spacial score (nSPS) is 21.7. The lowest BCUT2D eigenvalue weighted by Crippen LogP contribution is -2.38. The van der Waals surface area contributed by atoms with E-state index in [0.717, 1.165) is 36.1 Å². The number of halogens is 2. The van der Waals surface area contributed by atoms with Gasteiger partial charge in [-0.2, -0.15) is 0 Å². The molecule has 0 radical (unpaired) electrons. The number of piperidine rings is 1. The molecule has 0 bridgehead atoms. The number of nitrogens with zero attached hydrogens (tertiary/aromatic N) is 1. The molecule has 1 atom stereocenters. The largest absolute Gasteiger partial charge is 0.330 e. The third kappa shape index (κ3) is 3.50. The topological polar surface area (TPSA) is 29.3 Å². The van der Waals surface area contributed by atoms with E-state index in [9.17, 15) is 4.39 Å². The summed E-state index contributed by atoms with van der Waals surface area (Å²) in [5, 5.41) is 0. The number of likely N-dealkylation sites (tertiary alicyclic amines) is 1. The summed E-state index contributed by atoms with van der Waals surface area (Å²) in [6.07, 6.45) is 2.37. The third-order valence-corrected chi connectivity index (χ3v) is 3.83. The lowest BCUT2D eigenvalue weighted by atomic mass is 9.98. The molecule has 1 heterocycles. The first-order chi connectivity index (χ1) is 8.19. The highest BCUT2D eigenvalue weighted by Gasteiger charge is 2.19. The fourth-order valence-corrected chi connectivity index (χ4v) is 2.80. The Morgan fingerprint density at radius 2 is 2.29 bits per heavy atom. The molecule has 0 aromatic heterocycles. The second-order valence-corrected chi connectivity index (χ2v) is 5.63. The van der Waals surface area contributed by atoms with Crippen molar-refractivity contribution in [2.45, 2.75) is 19.4 Å². The number of nitrogens with two attached hydrogens (primary N) is 1. The Morgan fingerprint density at radius 1 is 1.47 bits per heavy atom. The van der Waals surface area contributed by atoms with Gasteiger partial charge in [0.25, 0.3) is 0 Å². The van der Waals surface area contributed by atoms with Gasteiger partial charge in [-0.3, -0.25) is 4.90 Å². The van der Waals surface area contributed by atoms with Crippen molar-refractivity contribution in [3.05, 3.63) is 34.1 Å². The second kappa shape index (κ2) is 5.94. The molecule has 0 amide bonds. The van der Waals surface area contributed by atoms with Crippen LogP contribution in [-0.2, 0) is 6.54 Å². The minimum atomic E-state index is -0.122. The molecule has 94 valence electrons. The molecule has 0 saturated carbocycles. The second-order valence-electron chi connectivity index (χ2n) is 4.71. The van der Waals surface area contributed by atoms with E-state index in [2.05, 4.69) is 20.8 Å². The molecule has 1 aliphatic heterocycles. The summed E-state index contributed by atoms with van der Waals surface area (Å²) in [6, 6.07) is 5.11. The highest BCUT2D eigenvalue weighted by molar-refractivity contribution is 9.10. The molecular formula is C13H18BrFN2. The van der Waals surface area contributed by atoms with E-state index in [1.165, 1.54) is 12.5 Å². The van der Waals surface area contributed by atoms with E-state index < -0.39 is 0 Å². The van der Waals surface area contributed by atoms with Crippen molar-refractivity contribution in [2.75, 3.05) is 19.6 Å². The van der Waals surface area contributed by atoms with Gasteiger partial charge in [-0.15, -0.1) is 0 Å². The molecule has 0 aliphatic carbocycles. The zero-order valence-electron chi connectivity index (χ0n) is 9.83. The molecule has 0 spiro atoms. The molecule has 4 heteroatoms. The molecule has 1 saturated heterocycles. The maximum Gasteiger partial charge on any atom is 0.127 e. The van der Waals surface area contributed by atoms with Crippen molar-refractivity contribution < 1.29 is 4.39 Å². The van der Waals surface area contributed by atoms with Gasteiger partial charge < -0.3 is 5.73 Å². The monoisotopic (exact) mass is 300 g/mol. The van der Waals surface area contributed by atoms with Gasteiger partial charge in [-0.25, -0.2) is 4.39 Å². The quantitative estimate of drug-likeness (QED) is 0.930. The first-order valence-corrected chi connectivity index (χ1v) is 6.84. The van der Waals surface area contributed by atoms with E-state index in [4.69, 9.17) is 5.73 Å². The van der Waals surface area contributed by atoms with Crippen LogP contribution in [0.5, 0.6) is 0 Å². The number of rotatable bonds is 3. The highest BCUT2D eigenvalue weighted by atomic mass is 79.9. The standard InChI is InChI=1S/C13H18BrFN2/c14-12-3-4-13(15)11(6-12)9-17-5-1-2-10(7-16)8-17/h3-4,6,10H,1-2,5,7-9,16H2. The summed E-state index contributed by atoms with van der Waals surface area (Å²) in [5.74, 6) is 0.446. The van der Waals surface area contributed by atoms with Gasteiger partial charge in [0.15, 0.2) is 0 Å². The van der Waals surface area contributed by atoms with Crippen LogP contribution < -0.4 is 5.73 Å². The molecule has 1 aromatic carbocycles. The lowest BCUT2D eigenvalue weighted by Gasteiger charge is -2.32. The minimum Gasteiger partial charge on any atom is -0.330 e. The number of hydrogen-bond donors (Lipinski definition) is 1. The van der Waals surface area contributed by atoms with Crippen LogP contribution in [0.2, 0.25) is 0 Å². The number of benzene rings is 1. The summed E-state index contributed by atoms with van der Waals surface area (Å²) >= 11 is 3.38. The Bertz CT molecular complexity index is 384. The van der Waals surface area contributed by atoms with Gasteiger partial charge in [0.05, 0.1) is 0 Å². The van der Waals surface area contributed by atoms with E-state index in [1.54, 1.807) is 6.07 Å². The van der Waals surface area contributed by atoms with Gasteiger partial charge in [0, 0.05) is 23.1 Å². The van der Waals surface area contributed by atoms with Crippen molar-refractivity contribution in [3.8, 4) is 0 Å². The zero-order valence-corrected chi connectivity index (χ0v) is 11.4. The van der Waals surface area contributed by atoms with Crippen molar-refractivity contribution in [2.24, 2.45) is 11.7 Å². The first-order valence-electron chi connectivity index (χ1n) is 6.05. The van der Waals surface area contributed by atoms with Crippen molar-refractivity contribution in [1.29, 1.82) is 0 Å². The van der Waals surface area contributed by atoms with Crippen LogP contribution in [0.15, 0.2) is 22.7 Å². The van der Waals surface area contributed by atoms with Crippen LogP contribution in [0.3, 0.4) is 0 Å². The fraction of sp³-hybridized carbons (Fsp3) is 0.538. The van der Waals surface area contributed by atoms with Crippen molar-refractivity contribution >= 4 is 15.9 Å². The Balaban J connectivity index is 2.02. The highest BCUT2D eigenvalue weighted by Crippen LogP contribution is 2.21. The first kappa shape index (κ1) is 13.0.